The second-order valence-electron chi connectivity index (χ2n) is 5.09. The Hall–Kier alpha value is -2.49. The van der Waals surface area contributed by atoms with Crippen LogP contribution in [0.4, 0.5) is 0 Å². The second kappa shape index (κ2) is 7.50. The smallest absolute Gasteiger partial charge is 0.338 e. The first-order valence-electron chi connectivity index (χ1n) is 7.16. The molecule has 0 N–H and O–H groups in total. The third kappa shape index (κ3) is 4.25. The molecular weight excluding hydrogens is 280 g/mol. The molecule has 0 aliphatic carbocycles. The van der Waals surface area contributed by atoms with E-state index in [1.165, 1.54) is 0 Å². The predicted octanol–water partition coefficient (Wildman–Crippen LogP) is 3.84. The Morgan fingerprint density at radius 3 is 2.41 bits per heavy atom. The van der Waals surface area contributed by atoms with Crippen LogP contribution in [0.1, 0.15) is 29.8 Å². The number of carbonyl (C=O) groups excluding carboxylic acids is 1. The van der Waals surface area contributed by atoms with Crippen molar-refractivity contribution in [3.05, 3.63) is 59.7 Å². The van der Waals surface area contributed by atoms with E-state index in [-0.39, 0.29) is 12.1 Å². The van der Waals surface area contributed by atoms with Crippen LogP contribution in [-0.4, -0.2) is 19.2 Å². The van der Waals surface area contributed by atoms with Crippen LogP contribution in [0.5, 0.6) is 11.5 Å². The fourth-order valence-corrected chi connectivity index (χ4v) is 1.93. The van der Waals surface area contributed by atoms with E-state index >= 15 is 0 Å². The standard InChI is InChI=1S/C18H20O4/c1-13(2)22-18(19)15-9-10-16(20-3)17(11-15)21-12-14-7-5-4-6-8-14/h4-11,13H,12H2,1-3H3. The van der Waals surface area contributed by atoms with Gasteiger partial charge >= 0.3 is 5.97 Å². The summed E-state index contributed by atoms with van der Waals surface area (Å²) in [4.78, 5) is 12.0. The first-order valence-corrected chi connectivity index (χ1v) is 7.16. The highest BCUT2D eigenvalue weighted by molar-refractivity contribution is 5.90. The van der Waals surface area contributed by atoms with Gasteiger partial charge in [0, 0.05) is 0 Å². The van der Waals surface area contributed by atoms with Gasteiger partial charge in [-0.25, -0.2) is 4.79 Å². The van der Waals surface area contributed by atoms with E-state index in [9.17, 15) is 4.79 Å². The van der Waals surface area contributed by atoms with Gasteiger partial charge in [0.1, 0.15) is 6.61 Å². The zero-order chi connectivity index (χ0) is 15.9. The summed E-state index contributed by atoms with van der Waals surface area (Å²) in [5, 5.41) is 0. The molecule has 0 aromatic heterocycles. The molecule has 0 aliphatic heterocycles. The van der Waals surface area contributed by atoms with Crippen molar-refractivity contribution >= 4 is 5.97 Å². The van der Waals surface area contributed by atoms with Gasteiger partial charge in [0.2, 0.25) is 0 Å². The molecule has 2 aromatic carbocycles. The number of benzene rings is 2. The van der Waals surface area contributed by atoms with Gasteiger partial charge in [-0.1, -0.05) is 30.3 Å². The minimum Gasteiger partial charge on any atom is -0.493 e. The molecule has 4 nitrogen and oxygen atoms in total. The number of ether oxygens (including phenoxy) is 3. The second-order valence-corrected chi connectivity index (χ2v) is 5.09. The minimum atomic E-state index is -0.373. The molecule has 0 unspecified atom stereocenters. The predicted molar refractivity (Wildman–Crippen MR) is 84.3 cm³/mol. The van der Waals surface area contributed by atoms with Gasteiger partial charge in [-0.15, -0.1) is 0 Å². The summed E-state index contributed by atoms with van der Waals surface area (Å²) >= 11 is 0. The highest BCUT2D eigenvalue weighted by Gasteiger charge is 2.13. The van der Waals surface area contributed by atoms with Gasteiger partial charge in [-0.2, -0.15) is 0 Å². The molecule has 0 bridgehead atoms. The zero-order valence-electron chi connectivity index (χ0n) is 13.0. The molecule has 0 fully saturated rings. The van der Waals surface area contributed by atoms with Gasteiger partial charge in [0.25, 0.3) is 0 Å². The molecule has 0 amide bonds. The summed E-state index contributed by atoms with van der Waals surface area (Å²) in [6.07, 6.45) is -0.164. The van der Waals surface area contributed by atoms with E-state index in [0.717, 1.165) is 5.56 Å². The van der Waals surface area contributed by atoms with E-state index in [1.54, 1.807) is 25.3 Å². The topological polar surface area (TPSA) is 44.8 Å². The maximum absolute atomic E-state index is 12.0. The third-order valence-electron chi connectivity index (χ3n) is 2.98. The maximum atomic E-state index is 12.0. The Kier molecular flexibility index (Phi) is 5.42. The maximum Gasteiger partial charge on any atom is 0.338 e. The Morgan fingerprint density at radius 1 is 1.05 bits per heavy atom. The average Bonchev–Trinajstić information content (AvgIpc) is 2.53. The lowest BCUT2D eigenvalue weighted by Gasteiger charge is -2.13. The van der Waals surface area contributed by atoms with E-state index < -0.39 is 0 Å². The Bertz CT molecular complexity index is 620. The molecule has 116 valence electrons. The van der Waals surface area contributed by atoms with Gasteiger partial charge in [-0.3, -0.25) is 0 Å². The molecule has 0 radical (unpaired) electrons. The number of carbonyl (C=O) groups is 1. The summed E-state index contributed by atoms with van der Waals surface area (Å²) in [5.41, 5.74) is 1.48. The minimum absolute atomic E-state index is 0.164. The quantitative estimate of drug-likeness (QED) is 0.760. The third-order valence-corrected chi connectivity index (χ3v) is 2.98. The van der Waals surface area contributed by atoms with Crippen molar-refractivity contribution < 1.29 is 19.0 Å². The van der Waals surface area contributed by atoms with Crippen LogP contribution in [0.3, 0.4) is 0 Å². The molecule has 0 atom stereocenters. The monoisotopic (exact) mass is 300 g/mol. The number of rotatable bonds is 6. The van der Waals surface area contributed by atoms with Crippen LogP contribution < -0.4 is 9.47 Å². The number of hydrogen-bond acceptors (Lipinski definition) is 4. The van der Waals surface area contributed by atoms with E-state index in [2.05, 4.69) is 0 Å². The summed E-state index contributed by atoms with van der Waals surface area (Å²) in [6.45, 7) is 4.03. The zero-order valence-corrected chi connectivity index (χ0v) is 13.0. The molecule has 0 heterocycles. The van der Waals surface area contributed by atoms with Crippen LogP contribution in [0.25, 0.3) is 0 Å². The van der Waals surface area contributed by atoms with Crippen molar-refractivity contribution in [3.8, 4) is 11.5 Å². The van der Waals surface area contributed by atoms with Crippen molar-refractivity contribution in [2.75, 3.05) is 7.11 Å². The van der Waals surface area contributed by atoms with Crippen molar-refractivity contribution in [1.82, 2.24) is 0 Å². The van der Waals surface area contributed by atoms with Crippen LogP contribution >= 0.6 is 0 Å². The number of hydrogen-bond donors (Lipinski definition) is 0. The number of esters is 1. The van der Waals surface area contributed by atoms with Gasteiger partial charge < -0.3 is 14.2 Å². The fourth-order valence-electron chi connectivity index (χ4n) is 1.93. The summed E-state index contributed by atoms with van der Waals surface area (Å²) in [5.74, 6) is 0.726. The van der Waals surface area contributed by atoms with Crippen LogP contribution in [0.15, 0.2) is 48.5 Å². The van der Waals surface area contributed by atoms with E-state index in [4.69, 9.17) is 14.2 Å². The molecule has 2 aromatic rings. The highest BCUT2D eigenvalue weighted by Crippen LogP contribution is 2.29. The van der Waals surface area contributed by atoms with Crippen LogP contribution in [0, 0.1) is 0 Å². The highest BCUT2D eigenvalue weighted by atomic mass is 16.5. The largest absolute Gasteiger partial charge is 0.493 e. The van der Waals surface area contributed by atoms with Gasteiger partial charge in [0.05, 0.1) is 18.8 Å². The molecule has 2 rings (SSSR count). The van der Waals surface area contributed by atoms with Crippen molar-refractivity contribution in [3.63, 3.8) is 0 Å². The Balaban J connectivity index is 2.15. The lowest BCUT2D eigenvalue weighted by atomic mass is 10.2. The molecule has 22 heavy (non-hydrogen) atoms. The van der Waals surface area contributed by atoms with E-state index in [0.29, 0.717) is 23.7 Å². The molecule has 0 saturated carbocycles. The van der Waals surface area contributed by atoms with Crippen LogP contribution in [-0.2, 0) is 11.3 Å². The molecule has 0 aliphatic rings. The molecule has 0 spiro atoms. The molecular formula is C18H20O4. The Morgan fingerprint density at radius 2 is 1.77 bits per heavy atom. The lowest BCUT2D eigenvalue weighted by molar-refractivity contribution is 0.0377. The molecule has 0 saturated heterocycles. The normalized spacial score (nSPS) is 10.4. The number of methoxy groups -OCH3 is 1. The summed E-state index contributed by atoms with van der Waals surface area (Å²) in [7, 11) is 1.57. The van der Waals surface area contributed by atoms with Crippen molar-refractivity contribution in [2.24, 2.45) is 0 Å². The Labute approximate surface area is 130 Å². The van der Waals surface area contributed by atoms with Crippen molar-refractivity contribution in [1.29, 1.82) is 0 Å². The lowest BCUT2D eigenvalue weighted by Crippen LogP contribution is -2.11. The first kappa shape index (κ1) is 15.9. The van der Waals surface area contributed by atoms with Crippen LogP contribution in [0.2, 0.25) is 0 Å². The molecule has 4 heteroatoms. The SMILES string of the molecule is COc1ccc(C(=O)OC(C)C)cc1OCc1ccccc1. The van der Waals surface area contributed by atoms with E-state index in [1.807, 2.05) is 44.2 Å². The fraction of sp³-hybridized carbons (Fsp3) is 0.278. The van der Waals surface area contributed by atoms with Crippen molar-refractivity contribution in [2.45, 2.75) is 26.6 Å². The average molecular weight is 300 g/mol. The first-order chi connectivity index (χ1) is 10.6. The van der Waals surface area contributed by atoms with Gasteiger partial charge in [-0.05, 0) is 37.6 Å². The van der Waals surface area contributed by atoms with Gasteiger partial charge in [0.15, 0.2) is 11.5 Å². The summed E-state index contributed by atoms with van der Waals surface area (Å²) in [6, 6.07) is 14.8. The summed E-state index contributed by atoms with van der Waals surface area (Å²) < 4.78 is 16.2.